The largest absolute Gasteiger partial charge is 0.748 e. The fourth-order valence-corrected chi connectivity index (χ4v) is 3.78. The third-order valence-corrected chi connectivity index (χ3v) is 5.56. The maximum atomic E-state index is 11.1. The van der Waals surface area contributed by atoms with Crippen molar-refractivity contribution in [3.8, 4) is 0 Å². The van der Waals surface area contributed by atoms with Crippen molar-refractivity contribution in [2.24, 2.45) is 5.10 Å². The molecule has 29 heavy (non-hydrogen) atoms. The number of aromatic nitrogens is 2. The minimum absolute atomic E-state index is 0.168. The molecule has 1 atom stereocenters. The molecule has 1 aromatic carbocycles. The maximum absolute atomic E-state index is 11.1. The van der Waals surface area contributed by atoms with Crippen molar-refractivity contribution in [2.75, 3.05) is 25.9 Å². The van der Waals surface area contributed by atoms with Gasteiger partial charge in [0, 0.05) is 37.9 Å². The van der Waals surface area contributed by atoms with E-state index in [0.717, 1.165) is 24.6 Å². The maximum Gasteiger partial charge on any atom is 0.255 e. The number of rotatable bonds is 9. The number of nitrogens with one attached hydrogen (secondary N) is 1. The van der Waals surface area contributed by atoms with Crippen LogP contribution in [-0.2, 0) is 16.5 Å². The van der Waals surface area contributed by atoms with Crippen molar-refractivity contribution in [2.45, 2.75) is 12.8 Å². The topological polar surface area (TPSA) is 101 Å². The molecule has 0 saturated carbocycles. The quantitative estimate of drug-likeness (QED) is 0.384. The SMILES string of the molecule is CN(CCc1ccccc1)N=C1C=CC=C[N+]1(CCCS(=O)(=O)[O-])c1ccn[nH]1. The zero-order valence-electron chi connectivity index (χ0n) is 16.3. The van der Waals surface area contributed by atoms with Crippen LogP contribution in [0.1, 0.15) is 12.0 Å². The lowest BCUT2D eigenvalue weighted by Gasteiger charge is -2.33. The summed E-state index contributed by atoms with van der Waals surface area (Å²) in [6, 6.07) is 12.0. The smallest absolute Gasteiger partial charge is 0.255 e. The van der Waals surface area contributed by atoms with Crippen LogP contribution in [0.4, 0.5) is 5.82 Å². The molecular weight excluding hydrogens is 390 g/mol. The Hall–Kier alpha value is -2.75. The first-order valence-corrected chi connectivity index (χ1v) is 11.0. The molecule has 3 rings (SSSR count). The number of likely N-dealkylation sites (N-methyl/N-ethyl adjacent to an activating group) is 1. The summed E-state index contributed by atoms with van der Waals surface area (Å²) < 4.78 is 33.4. The Bertz CT molecular complexity index is 984. The lowest BCUT2D eigenvalue weighted by molar-refractivity contribution is 0.349. The van der Waals surface area contributed by atoms with Gasteiger partial charge in [0.05, 0.1) is 22.9 Å². The fraction of sp³-hybridized carbons (Fsp3) is 0.300. The lowest BCUT2D eigenvalue weighted by atomic mass is 10.1. The van der Waals surface area contributed by atoms with Crippen molar-refractivity contribution in [3.05, 3.63) is 72.6 Å². The summed E-state index contributed by atoms with van der Waals surface area (Å²) >= 11 is 0. The van der Waals surface area contributed by atoms with Crippen LogP contribution in [0.3, 0.4) is 0 Å². The third kappa shape index (κ3) is 5.63. The highest BCUT2D eigenvalue weighted by Crippen LogP contribution is 2.26. The van der Waals surface area contributed by atoms with Crippen molar-refractivity contribution in [3.63, 3.8) is 0 Å². The molecule has 2 aromatic rings. The van der Waals surface area contributed by atoms with Gasteiger partial charge < -0.3 is 4.55 Å². The fourth-order valence-electron chi connectivity index (χ4n) is 3.30. The number of benzene rings is 1. The van der Waals surface area contributed by atoms with E-state index in [9.17, 15) is 13.0 Å². The van der Waals surface area contributed by atoms with E-state index in [1.165, 1.54) is 5.56 Å². The van der Waals surface area contributed by atoms with Gasteiger partial charge in [-0.1, -0.05) is 30.3 Å². The second-order valence-corrected chi connectivity index (χ2v) is 8.45. The van der Waals surface area contributed by atoms with E-state index in [-0.39, 0.29) is 10.9 Å². The molecule has 1 aliphatic heterocycles. The Morgan fingerprint density at radius 2 is 2.00 bits per heavy atom. The van der Waals surface area contributed by atoms with Gasteiger partial charge in [-0.15, -0.1) is 5.10 Å². The highest BCUT2D eigenvalue weighted by Gasteiger charge is 2.37. The first-order chi connectivity index (χ1) is 13.9. The van der Waals surface area contributed by atoms with Crippen molar-refractivity contribution in [1.29, 1.82) is 0 Å². The number of H-pyrrole nitrogens is 1. The summed E-state index contributed by atoms with van der Waals surface area (Å²) in [5.74, 6) is 1.05. The molecule has 0 radical (unpaired) electrons. The zero-order chi connectivity index (χ0) is 20.7. The van der Waals surface area contributed by atoms with Gasteiger partial charge in [0.2, 0.25) is 5.82 Å². The van der Waals surface area contributed by atoms with Gasteiger partial charge in [-0.05, 0) is 24.1 Å². The number of amidine groups is 1. The normalized spacial score (nSPS) is 20.3. The Balaban J connectivity index is 1.82. The van der Waals surface area contributed by atoms with E-state index in [1.807, 2.05) is 60.8 Å². The second-order valence-electron chi connectivity index (χ2n) is 6.93. The van der Waals surface area contributed by atoms with Gasteiger partial charge in [0.25, 0.3) is 5.84 Å². The molecule has 1 N–H and O–H groups in total. The minimum atomic E-state index is -4.28. The standard InChI is InChI=1S/C20H25N5O3S/c1-24(14-12-18-8-3-2-4-9-18)23-20-10-5-6-15-25(20,19-11-13-21-22-19)16-7-17-29(26,27)28/h2-6,8-11,13,15H,7,12,14,16-17H2,1H3,(H-,21,22,26,27,28). The summed E-state index contributed by atoms with van der Waals surface area (Å²) in [5, 5.41) is 13.7. The number of hydrogen-bond donors (Lipinski definition) is 1. The number of hydrogen-bond acceptors (Lipinski definition) is 6. The van der Waals surface area contributed by atoms with Gasteiger partial charge in [0.15, 0.2) is 0 Å². The number of aromatic amines is 1. The summed E-state index contributed by atoms with van der Waals surface area (Å²) in [4.78, 5) is 0. The van der Waals surface area contributed by atoms with E-state index in [4.69, 9.17) is 5.10 Å². The first-order valence-electron chi connectivity index (χ1n) is 9.40. The van der Waals surface area contributed by atoms with Crippen LogP contribution < -0.4 is 4.48 Å². The average molecular weight is 416 g/mol. The highest BCUT2D eigenvalue weighted by molar-refractivity contribution is 7.85. The Morgan fingerprint density at radius 3 is 2.69 bits per heavy atom. The van der Waals surface area contributed by atoms with Crippen LogP contribution in [0.25, 0.3) is 0 Å². The molecule has 0 bridgehead atoms. The van der Waals surface area contributed by atoms with Gasteiger partial charge in [0.1, 0.15) is 6.20 Å². The monoisotopic (exact) mass is 415 g/mol. The number of hydrazone groups is 1. The molecule has 8 nitrogen and oxygen atoms in total. The number of nitrogens with zero attached hydrogens (tertiary/aromatic N) is 4. The van der Waals surface area contributed by atoms with E-state index >= 15 is 0 Å². The van der Waals surface area contributed by atoms with Gasteiger partial charge in [-0.2, -0.15) is 9.58 Å². The van der Waals surface area contributed by atoms with Crippen LogP contribution in [0.5, 0.6) is 0 Å². The minimum Gasteiger partial charge on any atom is -0.748 e. The molecule has 1 aromatic heterocycles. The van der Waals surface area contributed by atoms with E-state index in [2.05, 4.69) is 22.3 Å². The van der Waals surface area contributed by atoms with E-state index in [0.29, 0.717) is 6.54 Å². The predicted molar refractivity (Wildman–Crippen MR) is 113 cm³/mol. The second kappa shape index (κ2) is 9.17. The van der Waals surface area contributed by atoms with Crippen LogP contribution in [-0.4, -0.2) is 59.9 Å². The highest BCUT2D eigenvalue weighted by atomic mass is 32.2. The molecule has 0 spiro atoms. The Morgan fingerprint density at radius 1 is 1.21 bits per heavy atom. The average Bonchev–Trinajstić information content (AvgIpc) is 3.23. The van der Waals surface area contributed by atoms with Crippen molar-refractivity contribution >= 4 is 21.8 Å². The van der Waals surface area contributed by atoms with Gasteiger partial charge >= 0.3 is 0 Å². The van der Waals surface area contributed by atoms with Gasteiger partial charge in [-0.25, -0.2) is 13.5 Å². The molecule has 1 aliphatic rings. The van der Waals surface area contributed by atoms with Crippen LogP contribution in [0, 0.1) is 0 Å². The van der Waals surface area contributed by atoms with Gasteiger partial charge in [-0.3, -0.25) is 5.01 Å². The molecule has 0 aliphatic carbocycles. The van der Waals surface area contributed by atoms with Crippen LogP contribution in [0.2, 0.25) is 0 Å². The summed E-state index contributed by atoms with van der Waals surface area (Å²) in [7, 11) is -2.37. The first kappa shape index (κ1) is 21.0. The van der Waals surface area contributed by atoms with Crippen LogP contribution in [0.15, 0.2) is 72.1 Å². The Labute approximate surface area is 171 Å². The molecule has 1 unspecified atom stereocenters. The summed E-state index contributed by atoms with van der Waals surface area (Å²) in [6.45, 7) is 1.10. The molecule has 9 heteroatoms. The molecule has 0 fully saturated rings. The summed E-state index contributed by atoms with van der Waals surface area (Å²) in [5.41, 5.74) is 1.23. The predicted octanol–water partition coefficient (Wildman–Crippen LogP) is 2.22. The molecule has 0 amide bonds. The molecule has 2 heterocycles. The zero-order valence-corrected chi connectivity index (χ0v) is 17.1. The molecular formula is C20H25N5O3S. The lowest BCUT2D eigenvalue weighted by Crippen LogP contribution is -2.51. The van der Waals surface area contributed by atoms with Crippen molar-refractivity contribution in [1.82, 2.24) is 19.7 Å². The number of allylic oxidation sites excluding steroid dienone is 2. The third-order valence-electron chi connectivity index (χ3n) is 4.77. The van der Waals surface area contributed by atoms with E-state index < -0.39 is 15.9 Å². The number of quaternary nitrogens is 1. The molecule has 154 valence electrons. The van der Waals surface area contributed by atoms with Crippen LogP contribution >= 0.6 is 0 Å². The van der Waals surface area contributed by atoms with Crippen molar-refractivity contribution < 1.29 is 13.0 Å². The summed E-state index contributed by atoms with van der Waals surface area (Å²) in [6.07, 6.45) is 10.3. The molecule has 0 saturated heterocycles. The Kier molecular flexibility index (Phi) is 6.63. The van der Waals surface area contributed by atoms with E-state index in [1.54, 1.807) is 6.20 Å².